The van der Waals surface area contributed by atoms with Gasteiger partial charge in [0.15, 0.2) is 5.11 Å². The summed E-state index contributed by atoms with van der Waals surface area (Å²) in [5.74, 6) is 0.393. The van der Waals surface area contributed by atoms with Crippen molar-refractivity contribution in [2.75, 3.05) is 11.1 Å². The Hall–Kier alpha value is -2.99. The number of hydrogen-bond acceptors (Lipinski definition) is 4. The van der Waals surface area contributed by atoms with E-state index in [1.165, 1.54) is 0 Å². The van der Waals surface area contributed by atoms with Crippen molar-refractivity contribution in [3.05, 3.63) is 72.6 Å². The summed E-state index contributed by atoms with van der Waals surface area (Å²) in [4.78, 5) is 8.81. The average molecular weight is 335 g/mol. The SMILES string of the molecule is Nc1ncc(-c2ccccc2)nc1CNC(=S)Nc1ccccc1. The van der Waals surface area contributed by atoms with Crippen molar-refractivity contribution in [3.8, 4) is 11.3 Å². The molecule has 0 bridgehead atoms. The Balaban J connectivity index is 1.67. The second-order valence-corrected chi connectivity index (χ2v) is 5.54. The van der Waals surface area contributed by atoms with Gasteiger partial charge in [-0.15, -0.1) is 0 Å². The number of nitrogen functional groups attached to an aromatic ring is 1. The molecule has 0 fully saturated rings. The molecule has 3 aromatic rings. The van der Waals surface area contributed by atoms with Crippen molar-refractivity contribution in [3.63, 3.8) is 0 Å². The molecule has 0 saturated carbocycles. The quantitative estimate of drug-likeness (QED) is 0.636. The third-order valence-corrected chi connectivity index (χ3v) is 3.64. The molecule has 0 aliphatic carbocycles. The highest BCUT2D eigenvalue weighted by molar-refractivity contribution is 7.80. The van der Waals surface area contributed by atoms with Crippen molar-refractivity contribution in [1.29, 1.82) is 0 Å². The number of thiocarbonyl (C=S) groups is 1. The fourth-order valence-corrected chi connectivity index (χ4v) is 2.37. The molecule has 1 aromatic heterocycles. The minimum atomic E-state index is 0.393. The summed E-state index contributed by atoms with van der Waals surface area (Å²) in [6.07, 6.45) is 1.68. The lowest BCUT2D eigenvalue weighted by Gasteiger charge is -2.12. The highest BCUT2D eigenvalue weighted by Crippen LogP contribution is 2.17. The zero-order valence-electron chi connectivity index (χ0n) is 12.9. The normalized spacial score (nSPS) is 10.2. The molecule has 120 valence electrons. The van der Waals surface area contributed by atoms with Gasteiger partial charge in [-0.25, -0.2) is 9.97 Å². The van der Waals surface area contributed by atoms with E-state index in [9.17, 15) is 0 Å². The fourth-order valence-electron chi connectivity index (χ4n) is 2.18. The van der Waals surface area contributed by atoms with Crippen molar-refractivity contribution in [1.82, 2.24) is 15.3 Å². The van der Waals surface area contributed by atoms with E-state index in [1.807, 2.05) is 60.7 Å². The minimum absolute atomic E-state index is 0.393. The van der Waals surface area contributed by atoms with Crippen LogP contribution >= 0.6 is 12.2 Å². The lowest BCUT2D eigenvalue weighted by atomic mass is 10.1. The van der Waals surface area contributed by atoms with Crippen LogP contribution in [0.4, 0.5) is 11.5 Å². The Labute approximate surface area is 146 Å². The molecular formula is C18H17N5S. The minimum Gasteiger partial charge on any atom is -0.382 e. The first-order chi connectivity index (χ1) is 11.7. The van der Waals surface area contributed by atoms with E-state index in [-0.39, 0.29) is 0 Å². The van der Waals surface area contributed by atoms with Gasteiger partial charge in [-0.3, -0.25) is 0 Å². The van der Waals surface area contributed by atoms with Gasteiger partial charge in [0.05, 0.1) is 18.4 Å². The van der Waals surface area contributed by atoms with Gasteiger partial charge >= 0.3 is 0 Å². The van der Waals surface area contributed by atoms with Crippen molar-refractivity contribution >= 4 is 28.8 Å². The summed E-state index contributed by atoms with van der Waals surface area (Å²) in [6.45, 7) is 0.401. The van der Waals surface area contributed by atoms with Gasteiger partial charge in [0.1, 0.15) is 11.5 Å². The lowest BCUT2D eigenvalue weighted by Crippen LogP contribution is -2.28. The predicted octanol–water partition coefficient (Wildman–Crippen LogP) is 3.21. The summed E-state index contributed by atoms with van der Waals surface area (Å²) in [5.41, 5.74) is 9.29. The van der Waals surface area contributed by atoms with Crippen LogP contribution in [0.3, 0.4) is 0 Å². The van der Waals surface area contributed by atoms with Crippen LogP contribution in [0.25, 0.3) is 11.3 Å². The molecule has 24 heavy (non-hydrogen) atoms. The third kappa shape index (κ3) is 4.05. The molecular weight excluding hydrogens is 318 g/mol. The molecule has 0 unspecified atom stereocenters. The maximum Gasteiger partial charge on any atom is 0.171 e. The molecule has 0 radical (unpaired) electrons. The molecule has 6 heteroatoms. The second-order valence-electron chi connectivity index (χ2n) is 5.13. The van der Waals surface area contributed by atoms with Crippen LogP contribution in [-0.4, -0.2) is 15.1 Å². The van der Waals surface area contributed by atoms with Crippen molar-refractivity contribution in [2.24, 2.45) is 0 Å². The third-order valence-electron chi connectivity index (χ3n) is 3.39. The van der Waals surface area contributed by atoms with Crippen LogP contribution in [0.1, 0.15) is 5.69 Å². The first-order valence-electron chi connectivity index (χ1n) is 7.49. The van der Waals surface area contributed by atoms with Gasteiger partial charge in [-0.1, -0.05) is 48.5 Å². The van der Waals surface area contributed by atoms with Crippen LogP contribution < -0.4 is 16.4 Å². The maximum atomic E-state index is 5.93. The monoisotopic (exact) mass is 335 g/mol. The molecule has 0 atom stereocenters. The number of para-hydroxylation sites is 1. The Bertz CT molecular complexity index is 821. The zero-order chi connectivity index (χ0) is 16.8. The smallest absolute Gasteiger partial charge is 0.171 e. The van der Waals surface area contributed by atoms with E-state index in [2.05, 4.69) is 20.6 Å². The first-order valence-corrected chi connectivity index (χ1v) is 7.90. The number of anilines is 2. The number of nitrogens with one attached hydrogen (secondary N) is 2. The van der Waals surface area contributed by atoms with E-state index >= 15 is 0 Å². The largest absolute Gasteiger partial charge is 0.382 e. The molecule has 1 heterocycles. The fraction of sp³-hybridized carbons (Fsp3) is 0.0556. The first kappa shape index (κ1) is 15.9. The Kier molecular flexibility index (Phi) is 4.98. The van der Waals surface area contributed by atoms with Crippen LogP contribution in [-0.2, 0) is 6.54 Å². The van der Waals surface area contributed by atoms with E-state index in [1.54, 1.807) is 6.20 Å². The average Bonchev–Trinajstić information content (AvgIpc) is 2.62. The summed E-state index contributed by atoms with van der Waals surface area (Å²) < 4.78 is 0. The van der Waals surface area contributed by atoms with E-state index < -0.39 is 0 Å². The maximum absolute atomic E-state index is 5.93. The molecule has 2 aromatic carbocycles. The number of hydrogen-bond donors (Lipinski definition) is 3. The number of nitrogens with zero attached hydrogens (tertiary/aromatic N) is 2. The summed E-state index contributed by atoms with van der Waals surface area (Å²) in [5, 5.41) is 6.72. The molecule has 0 saturated heterocycles. The molecule has 0 amide bonds. The summed E-state index contributed by atoms with van der Waals surface area (Å²) in [7, 11) is 0. The van der Waals surface area contributed by atoms with Gasteiger partial charge in [0.2, 0.25) is 0 Å². The molecule has 4 N–H and O–H groups in total. The van der Waals surface area contributed by atoms with Crippen LogP contribution in [0.2, 0.25) is 0 Å². The standard InChI is InChI=1S/C18H17N5S/c19-17-16(12-21-18(24)22-14-9-5-2-6-10-14)23-15(11-20-17)13-7-3-1-4-8-13/h1-11H,12H2,(H2,19,20)(H2,21,22,24). The van der Waals surface area contributed by atoms with Crippen LogP contribution in [0, 0.1) is 0 Å². The lowest BCUT2D eigenvalue weighted by molar-refractivity contribution is 0.877. The van der Waals surface area contributed by atoms with Crippen molar-refractivity contribution in [2.45, 2.75) is 6.54 Å². The number of aromatic nitrogens is 2. The van der Waals surface area contributed by atoms with E-state index in [4.69, 9.17) is 18.0 Å². The van der Waals surface area contributed by atoms with Gasteiger partial charge < -0.3 is 16.4 Å². The summed E-state index contributed by atoms with van der Waals surface area (Å²) >= 11 is 5.29. The Morgan fingerprint density at radius 3 is 2.38 bits per heavy atom. The van der Waals surface area contributed by atoms with E-state index in [0.717, 1.165) is 16.9 Å². The molecule has 0 spiro atoms. The Morgan fingerprint density at radius 1 is 1.00 bits per heavy atom. The molecule has 3 rings (SSSR count). The second kappa shape index (κ2) is 7.52. The van der Waals surface area contributed by atoms with Gasteiger partial charge in [0.25, 0.3) is 0 Å². The predicted molar refractivity (Wildman–Crippen MR) is 101 cm³/mol. The highest BCUT2D eigenvalue weighted by atomic mass is 32.1. The molecule has 0 aliphatic rings. The van der Waals surface area contributed by atoms with Gasteiger partial charge in [0, 0.05) is 11.3 Å². The van der Waals surface area contributed by atoms with Gasteiger partial charge in [-0.05, 0) is 24.4 Å². The van der Waals surface area contributed by atoms with Gasteiger partial charge in [-0.2, -0.15) is 0 Å². The number of benzene rings is 2. The number of nitrogens with two attached hydrogens (primary N) is 1. The zero-order valence-corrected chi connectivity index (χ0v) is 13.8. The summed E-state index contributed by atoms with van der Waals surface area (Å²) in [6, 6.07) is 19.6. The molecule has 5 nitrogen and oxygen atoms in total. The van der Waals surface area contributed by atoms with E-state index in [0.29, 0.717) is 23.2 Å². The number of rotatable bonds is 4. The molecule has 0 aliphatic heterocycles. The Morgan fingerprint density at radius 2 is 1.67 bits per heavy atom. The van der Waals surface area contributed by atoms with Crippen molar-refractivity contribution < 1.29 is 0 Å². The highest BCUT2D eigenvalue weighted by Gasteiger charge is 2.07. The van der Waals surface area contributed by atoms with Crippen LogP contribution in [0.15, 0.2) is 66.9 Å². The van der Waals surface area contributed by atoms with Crippen LogP contribution in [0.5, 0.6) is 0 Å². The topological polar surface area (TPSA) is 75.9 Å².